The summed E-state index contributed by atoms with van der Waals surface area (Å²) in [4.78, 5) is 27.0. The van der Waals surface area contributed by atoms with Gasteiger partial charge in [-0.15, -0.1) is 0 Å². The lowest BCUT2D eigenvalue weighted by molar-refractivity contribution is 0.218. The van der Waals surface area contributed by atoms with Crippen molar-refractivity contribution in [2.45, 2.75) is 57.8 Å². The number of nitrogens with zero attached hydrogens (tertiary/aromatic N) is 1. The molecule has 0 spiro atoms. The van der Waals surface area contributed by atoms with Crippen LogP contribution < -0.4 is 11.2 Å². The Hall–Kier alpha value is -1.66. The van der Waals surface area contributed by atoms with Crippen molar-refractivity contribution in [3.63, 3.8) is 0 Å². The molecule has 1 atom stereocenters. The van der Waals surface area contributed by atoms with E-state index in [0.717, 1.165) is 23.9 Å². The Morgan fingerprint density at radius 2 is 2.00 bits per heavy atom. The molecule has 2 heterocycles. The summed E-state index contributed by atoms with van der Waals surface area (Å²) in [6.45, 7) is 11.6. The number of aryl methyl sites for hydroxylation is 1. The van der Waals surface area contributed by atoms with Crippen LogP contribution in [0.5, 0.6) is 0 Å². The Morgan fingerprint density at radius 3 is 2.67 bits per heavy atom. The first-order valence-electron chi connectivity index (χ1n) is 8.52. The number of hydrogen-bond acceptors (Lipinski definition) is 3. The smallest absolute Gasteiger partial charge is 0.329 e. The molecular formula is C18H26N2O3Si. The van der Waals surface area contributed by atoms with E-state index in [1.54, 1.807) is 10.6 Å². The molecule has 0 saturated heterocycles. The number of aromatic nitrogens is 2. The highest BCUT2D eigenvalue weighted by Gasteiger charge is 2.38. The lowest BCUT2D eigenvalue weighted by atomic mass is 9.98. The largest absolute Gasteiger partial charge is 0.415 e. The van der Waals surface area contributed by atoms with Gasteiger partial charge in [-0.2, -0.15) is 0 Å². The summed E-state index contributed by atoms with van der Waals surface area (Å²) in [5.41, 5.74) is 1.21. The fourth-order valence-electron chi connectivity index (χ4n) is 3.07. The molecule has 2 aromatic rings. The van der Waals surface area contributed by atoms with Crippen LogP contribution in [-0.2, 0) is 10.8 Å². The zero-order valence-electron chi connectivity index (χ0n) is 15.1. The van der Waals surface area contributed by atoms with Crippen molar-refractivity contribution in [2.24, 2.45) is 0 Å². The predicted octanol–water partition coefficient (Wildman–Crippen LogP) is 3.20. The molecule has 0 aliphatic carbocycles. The molecule has 6 heteroatoms. The topological polar surface area (TPSA) is 64.1 Å². The Labute approximate surface area is 142 Å². The summed E-state index contributed by atoms with van der Waals surface area (Å²) in [7, 11) is -1.88. The normalized spacial score (nSPS) is 18.1. The second kappa shape index (κ2) is 5.70. The number of hydrogen-bond donors (Lipinski definition) is 1. The summed E-state index contributed by atoms with van der Waals surface area (Å²) in [5, 5.41) is 0.717. The molecule has 0 radical (unpaired) electrons. The van der Waals surface area contributed by atoms with Crippen LogP contribution in [0.2, 0.25) is 18.1 Å². The maximum Gasteiger partial charge on any atom is 0.329 e. The first kappa shape index (κ1) is 17.2. The Bertz CT molecular complexity index is 890. The molecule has 3 rings (SSSR count). The van der Waals surface area contributed by atoms with E-state index in [0.29, 0.717) is 12.0 Å². The fraction of sp³-hybridized carbons (Fsp3) is 0.556. The monoisotopic (exact) mass is 346 g/mol. The lowest BCUT2D eigenvalue weighted by Gasteiger charge is -2.38. The van der Waals surface area contributed by atoms with E-state index in [2.05, 4.69) is 38.8 Å². The quantitative estimate of drug-likeness (QED) is 0.868. The second-order valence-corrected chi connectivity index (χ2v) is 13.0. The predicted molar refractivity (Wildman–Crippen MR) is 99.3 cm³/mol. The third-order valence-corrected chi connectivity index (χ3v) is 10.1. The summed E-state index contributed by atoms with van der Waals surface area (Å²) in [6, 6.07) is 5.64. The van der Waals surface area contributed by atoms with Crippen LogP contribution in [0.4, 0.5) is 0 Å². The molecule has 1 N–H and O–H groups in total. The molecule has 0 fully saturated rings. The maximum absolute atomic E-state index is 12.5. The van der Waals surface area contributed by atoms with E-state index in [4.69, 9.17) is 4.43 Å². The fourth-order valence-corrected chi connectivity index (χ4v) is 4.11. The minimum Gasteiger partial charge on any atom is -0.415 e. The minimum absolute atomic E-state index is 0.0270. The number of benzene rings is 1. The number of nitrogens with one attached hydrogen (secondary N) is 1. The van der Waals surface area contributed by atoms with E-state index >= 15 is 0 Å². The zero-order chi connectivity index (χ0) is 17.7. The third kappa shape index (κ3) is 2.78. The van der Waals surface area contributed by atoms with Crippen molar-refractivity contribution >= 4 is 19.2 Å². The van der Waals surface area contributed by atoms with Gasteiger partial charge < -0.3 is 4.43 Å². The van der Waals surface area contributed by atoms with Crippen molar-refractivity contribution in [3.05, 3.63) is 44.6 Å². The molecule has 24 heavy (non-hydrogen) atoms. The van der Waals surface area contributed by atoms with Gasteiger partial charge in [-0.25, -0.2) is 4.79 Å². The van der Waals surface area contributed by atoms with E-state index in [1.165, 1.54) is 0 Å². The average Bonchev–Trinajstić information content (AvgIpc) is 2.49. The van der Waals surface area contributed by atoms with Crippen molar-refractivity contribution in [1.82, 2.24) is 9.55 Å². The van der Waals surface area contributed by atoms with Gasteiger partial charge in [-0.3, -0.25) is 14.3 Å². The van der Waals surface area contributed by atoms with Gasteiger partial charge in [0.2, 0.25) is 0 Å². The van der Waals surface area contributed by atoms with Gasteiger partial charge in [0.1, 0.15) is 0 Å². The standard InChI is InChI=1S/C18H26N2O3Si/c1-18(2,3)24(4,5)23-11-13-10-9-12-7-6-8-14-15(12)20(13)17(22)19-16(14)21/h6-8,13H,9-11H2,1-5H3,(H,19,21,22). The highest BCUT2D eigenvalue weighted by Crippen LogP contribution is 2.37. The number of para-hydroxylation sites is 1. The molecule has 1 aliphatic rings. The van der Waals surface area contributed by atoms with Gasteiger partial charge >= 0.3 is 5.69 Å². The Morgan fingerprint density at radius 1 is 1.29 bits per heavy atom. The van der Waals surface area contributed by atoms with Crippen molar-refractivity contribution in [1.29, 1.82) is 0 Å². The van der Waals surface area contributed by atoms with Crippen LogP contribution in [0, 0.1) is 0 Å². The molecule has 0 amide bonds. The summed E-state index contributed by atoms with van der Waals surface area (Å²) < 4.78 is 8.09. The highest BCUT2D eigenvalue weighted by molar-refractivity contribution is 6.74. The number of H-pyrrole nitrogens is 1. The number of rotatable bonds is 3. The van der Waals surface area contributed by atoms with Crippen molar-refractivity contribution in [2.75, 3.05) is 6.61 Å². The Kier molecular flexibility index (Phi) is 4.08. The van der Waals surface area contributed by atoms with Gasteiger partial charge in [-0.05, 0) is 42.6 Å². The van der Waals surface area contributed by atoms with Gasteiger partial charge in [0, 0.05) is 0 Å². The first-order chi connectivity index (χ1) is 11.1. The first-order valence-corrected chi connectivity index (χ1v) is 11.4. The molecule has 130 valence electrons. The summed E-state index contributed by atoms with van der Waals surface area (Å²) in [6.07, 6.45) is 1.72. The SMILES string of the molecule is CC(C)(C)[Si](C)(C)OCC1CCc2cccc3c(=O)[nH]c(=O)n1c23. The highest BCUT2D eigenvalue weighted by atomic mass is 28.4. The van der Waals surface area contributed by atoms with Crippen LogP contribution in [0.15, 0.2) is 27.8 Å². The Balaban J connectivity index is 2.02. The van der Waals surface area contributed by atoms with Crippen molar-refractivity contribution in [3.8, 4) is 0 Å². The average molecular weight is 347 g/mol. The van der Waals surface area contributed by atoms with Gasteiger partial charge in [0.15, 0.2) is 8.32 Å². The molecule has 1 aromatic carbocycles. The van der Waals surface area contributed by atoms with E-state index in [-0.39, 0.29) is 22.3 Å². The van der Waals surface area contributed by atoms with Crippen LogP contribution in [0.25, 0.3) is 10.9 Å². The molecule has 5 nitrogen and oxygen atoms in total. The van der Waals surface area contributed by atoms with E-state index < -0.39 is 8.32 Å². The van der Waals surface area contributed by atoms with Gasteiger partial charge in [0.25, 0.3) is 5.56 Å². The molecule has 1 aromatic heterocycles. The van der Waals surface area contributed by atoms with Gasteiger partial charge in [0.05, 0.1) is 23.6 Å². The summed E-state index contributed by atoms with van der Waals surface area (Å²) >= 11 is 0. The van der Waals surface area contributed by atoms with Crippen LogP contribution in [0.1, 0.15) is 38.8 Å². The lowest BCUT2D eigenvalue weighted by Crippen LogP contribution is -2.44. The van der Waals surface area contributed by atoms with Crippen LogP contribution >= 0.6 is 0 Å². The molecule has 1 unspecified atom stereocenters. The van der Waals surface area contributed by atoms with E-state index in [1.807, 2.05) is 12.1 Å². The maximum atomic E-state index is 12.5. The molecule has 0 bridgehead atoms. The molecular weight excluding hydrogens is 320 g/mol. The summed E-state index contributed by atoms with van der Waals surface area (Å²) in [5.74, 6) is 0. The minimum atomic E-state index is -1.88. The van der Waals surface area contributed by atoms with Crippen molar-refractivity contribution < 1.29 is 4.43 Å². The van der Waals surface area contributed by atoms with E-state index in [9.17, 15) is 9.59 Å². The molecule has 0 saturated carbocycles. The second-order valence-electron chi connectivity index (χ2n) is 8.21. The molecule has 1 aliphatic heterocycles. The van der Waals surface area contributed by atoms with Crippen LogP contribution in [-0.4, -0.2) is 24.5 Å². The third-order valence-electron chi connectivity index (χ3n) is 5.60. The van der Waals surface area contributed by atoms with Crippen LogP contribution in [0.3, 0.4) is 0 Å². The number of aromatic amines is 1. The van der Waals surface area contributed by atoms with Gasteiger partial charge in [-0.1, -0.05) is 32.9 Å². The zero-order valence-corrected chi connectivity index (χ0v) is 16.1.